The molecule has 116 valence electrons. The van der Waals surface area contributed by atoms with Gasteiger partial charge in [0.25, 0.3) is 0 Å². The average Bonchev–Trinajstić information content (AvgIpc) is 2.89. The Balaban J connectivity index is 1.92. The van der Waals surface area contributed by atoms with Crippen LogP contribution in [0.1, 0.15) is 43.7 Å². The number of carboxylic acids is 1. The maximum Gasteiger partial charge on any atom is 0.323 e. The van der Waals surface area contributed by atoms with Crippen molar-refractivity contribution in [2.24, 2.45) is 0 Å². The number of aryl methyl sites for hydroxylation is 1. The Morgan fingerprint density at radius 1 is 1.48 bits per heavy atom. The lowest BCUT2D eigenvalue weighted by Gasteiger charge is -2.25. The number of carbonyl (C=O) groups is 1. The molecule has 0 radical (unpaired) electrons. The van der Waals surface area contributed by atoms with Crippen LogP contribution in [-0.2, 0) is 10.5 Å². The molecule has 0 aromatic heterocycles. The smallest absolute Gasteiger partial charge is 0.323 e. The summed E-state index contributed by atoms with van der Waals surface area (Å²) in [6.45, 7) is 4.98. The molecule has 2 N–H and O–H groups in total. The van der Waals surface area contributed by atoms with Crippen molar-refractivity contribution in [1.82, 2.24) is 5.32 Å². The second-order valence-corrected chi connectivity index (χ2v) is 7.21. The predicted octanol–water partition coefficient (Wildman–Crippen LogP) is 3.60. The molecule has 1 fully saturated rings. The predicted molar refractivity (Wildman–Crippen MR) is 88.8 cm³/mol. The summed E-state index contributed by atoms with van der Waals surface area (Å²) >= 11 is 1.90. The molecule has 1 aliphatic carbocycles. The van der Waals surface area contributed by atoms with Crippen LogP contribution in [-0.4, -0.2) is 28.4 Å². The minimum Gasteiger partial charge on any atom is -0.480 e. The largest absolute Gasteiger partial charge is 0.480 e. The first-order chi connectivity index (χ1) is 10.1. The summed E-state index contributed by atoms with van der Waals surface area (Å²) in [4.78, 5) is 11.6. The summed E-state index contributed by atoms with van der Waals surface area (Å²) in [6, 6.07) is 8.43. The molecule has 2 unspecified atom stereocenters. The summed E-state index contributed by atoms with van der Waals surface area (Å²) in [6.07, 6.45) is 3.43. The maximum absolute atomic E-state index is 11.6. The van der Waals surface area contributed by atoms with Crippen molar-refractivity contribution in [1.29, 1.82) is 0 Å². The van der Waals surface area contributed by atoms with Gasteiger partial charge in [-0.05, 0) is 50.3 Å². The normalized spacial score (nSPS) is 25.1. The minimum atomic E-state index is -0.695. The quantitative estimate of drug-likeness (QED) is 0.808. The van der Waals surface area contributed by atoms with Gasteiger partial charge in [0.05, 0.1) is 0 Å². The van der Waals surface area contributed by atoms with E-state index in [4.69, 9.17) is 0 Å². The second-order valence-electron chi connectivity index (χ2n) is 5.92. The fourth-order valence-corrected chi connectivity index (χ4v) is 4.34. The highest BCUT2D eigenvalue weighted by Crippen LogP contribution is 2.38. The van der Waals surface area contributed by atoms with Crippen LogP contribution in [0.2, 0.25) is 0 Å². The SMILES string of the molecule is CCCNC1(C(=O)O)CCC(SCc2ccccc2C)C1. The molecule has 1 aromatic carbocycles. The Labute approximate surface area is 131 Å². The molecule has 3 nitrogen and oxygen atoms in total. The zero-order valence-electron chi connectivity index (χ0n) is 12.9. The first-order valence-electron chi connectivity index (χ1n) is 7.72. The number of benzene rings is 1. The first-order valence-corrected chi connectivity index (χ1v) is 8.77. The lowest BCUT2D eigenvalue weighted by atomic mass is 9.98. The third-order valence-electron chi connectivity index (χ3n) is 4.33. The van der Waals surface area contributed by atoms with Crippen molar-refractivity contribution in [3.05, 3.63) is 35.4 Å². The highest BCUT2D eigenvalue weighted by Gasteiger charge is 2.45. The number of rotatable bonds is 7. The van der Waals surface area contributed by atoms with Gasteiger partial charge in [-0.25, -0.2) is 0 Å². The van der Waals surface area contributed by atoms with Gasteiger partial charge >= 0.3 is 5.97 Å². The van der Waals surface area contributed by atoms with E-state index in [1.54, 1.807) is 0 Å². The van der Waals surface area contributed by atoms with E-state index in [1.807, 2.05) is 11.8 Å². The number of aliphatic carboxylic acids is 1. The van der Waals surface area contributed by atoms with Crippen LogP contribution < -0.4 is 5.32 Å². The molecule has 0 bridgehead atoms. The molecule has 2 atom stereocenters. The van der Waals surface area contributed by atoms with Crippen molar-refractivity contribution in [2.45, 2.75) is 56.1 Å². The number of hydrogen-bond acceptors (Lipinski definition) is 3. The Morgan fingerprint density at radius 2 is 2.24 bits per heavy atom. The topological polar surface area (TPSA) is 49.3 Å². The van der Waals surface area contributed by atoms with Crippen LogP contribution in [0.5, 0.6) is 0 Å². The number of carboxylic acid groups (broad SMARTS) is 1. The van der Waals surface area contributed by atoms with Gasteiger partial charge in [0.2, 0.25) is 0 Å². The van der Waals surface area contributed by atoms with Gasteiger partial charge in [-0.3, -0.25) is 4.79 Å². The molecule has 1 saturated carbocycles. The van der Waals surface area contributed by atoms with E-state index in [-0.39, 0.29) is 0 Å². The Bertz CT molecular complexity index is 491. The second kappa shape index (κ2) is 7.32. The lowest BCUT2D eigenvalue weighted by molar-refractivity contribution is -0.144. The molecule has 21 heavy (non-hydrogen) atoms. The Morgan fingerprint density at radius 3 is 2.90 bits per heavy atom. The molecule has 0 spiro atoms. The number of nitrogens with one attached hydrogen (secondary N) is 1. The van der Waals surface area contributed by atoms with Gasteiger partial charge in [-0.2, -0.15) is 11.8 Å². The van der Waals surface area contributed by atoms with E-state index in [1.165, 1.54) is 11.1 Å². The molecule has 0 aliphatic heterocycles. The van der Waals surface area contributed by atoms with Crippen LogP contribution in [0.3, 0.4) is 0 Å². The van der Waals surface area contributed by atoms with E-state index in [2.05, 4.69) is 43.4 Å². The van der Waals surface area contributed by atoms with Crippen LogP contribution in [0.25, 0.3) is 0 Å². The highest BCUT2D eigenvalue weighted by molar-refractivity contribution is 7.99. The van der Waals surface area contributed by atoms with E-state index in [0.29, 0.717) is 5.25 Å². The lowest BCUT2D eigenvalue weighted by Crippen LogP contribution is -2.50. The molecule has 2 rings (SSSR count). The van der Waals surface area contributed by atoms with Gasteiger partial charge < -0.3 is 10.4 Å². The first kappa shape index (κ1) is 16.4. The molecule has 4 heteroatoms. The van der Waals surface area contributed by atoms with Gasteiger partial charge in [-0.1, -0.05) is 31.2 Å². The Kier molecular flexibility index (Phi) is 5.71. The summed E-state index contributed by atoms with van der Waals surface area (Å²) < 4.78 is 0. The van der Waals surface area contributed by atoms with E-state index in [9.17, 15) is 9.90 Å². The van der Waals surface area contributed by atoms with Gasteiger partial charge in [-0.15, -0.1) is 0 Å². The van der Waals surface area contributed by atoms with Crippen molar-refractivity contribution in [2.75, 3.05) is 6.54 Å². The van der Waals surface area contributed by atoms with Crippen molar-refractivity contribution < 1.29 is 9.90 Å². The minimum absolute atomic E-state index is 0.435. The van der Waals surface area contributed by atoms with Crippen LogP contribution >= 0.6 is 11.8 Å². The standard InChI is InChI=1S/C17H25NO2S/c1-3-10-18-17(16(19)20)9-8-15(11-17)21-12-14-7-5-4-6-13(14)2/h4-7,15,18H,3,8-12H2,1-2H3,(H,19,20). The third-order valence-corrected chi connectivity index (χ3v) is 5.68. The maximum atomic E-state index is 11.6. The summed E-state index contributed by atoms with van der Waals surface area (Å²) in [5.74, 6) is 0.288. The molecule has 0 saturated heterocycles. The third kappa shape index (κ3) is 4.01. The molecular weight excluding hydrogens is 282 g/mol. The zero-order chi connectivity index (χ0) is 15.3. The van der Waals surface area contributed by atoms with Gasteiger partial charge in [0.1, 0.15) is 5.54 Å². The highest BCUT2D eigenvalue weighted by atomic mass is 32.2. The monoisotopic (exact) mass is 307 g/mol. The molecule has 0 heterocycles. The fraction of sp³-hybridized carbons (Fsp3) is 0.588. The van der Waals surface area contributed by atoms with Crippen molar-refractivity contribution >= 4 is 17.7 Å². The van der Waals surface area contributed by atoms with E-state index in [0.717, 1.165) is 38.0 Å². The summed E-state index contributed by atoms with van der Waals surface area (Å²) in [5.41, 5.74) is 1.98. The zero-order valence-corrected chi connectivity index (χ0v) is 13.7. The molecule has 0 amide bonds. The average molecular weight is 307 g/mol. The van der Waals surface area contributed by atoms with Crippen LogP contribution in [0.15, 0.2) is 24.3 Å². The van der Waals surface area contributed by atoms with Gasteiger partial charge in [0, 0.05) is 11.0 Å². The van der Waals surface area contributed by atoms with Crippen molar-refractivity contribution in [3.63, 3.8) is 0 Å². The number of hydrogen-bond donors (Lipinski definition) is 2. The van der Waals surface area contributed by atoms with E-state index < -0.39 is 11.5 Å². The van der Waals surface area contributed by atoms with Crippen LogP contribution in [0, 0.1) is 6.92 Å². The van der Waals surface area contributed by atoms with Crippen LogP contribution in [0.4, 0.5) is 0 Å². The van der Waals surface area contributed by atoms with E-state index >= 15 is 0 Å². The molecule has 1 aliphatic rings. The summed E-state index contributed by atoms with van der Waals surface area (Å²) in [7, 11) is 0. The van der Waals surface area contributed by atoms with Crippen molar-refractivity contribution in [3.8, 4) is 0 Å². The Hall–Kier alpha value is -1.00. The number of thioether (sulfide) groups is 1. The summed E-state index contributed by atoms with van der Waals surface area (Å²) in [5, 5.41) is 13.3. The molecular formula is C17H25NO2S. The molecule has 1 aromatic rings. The van der Waals surface area contributed by atoms with Gasteiger partial charge in [0.15, 0.2) is 0 Å². The fourth-order valence-electron chi connectivity index (χ4n) is 2.92.